The van der Waals surface area contributed by atoms with E-state index < -0.39 is 0 Å². The maximum atomic E-state index is 12.7. The van der Waals surface area contributed by atoms with Crippen LogP contribution in [0.2, 0.25) is 0 Å². The van der Waals surface area contributed by atoms with Crippen molar-refractivity contribution in [3.8, 4) is 5.75 Å². The van der Waals surface area contributed by atoms with Crippen molar-refractivity contribution in [1.29, 1.82) is 0 Å². The molecule has 1 heterocycles. The minimum Gasteiger partial charge on any atom is -0.496 e. The summed E-state index contributed by atoms with van der Waals surface area (Å²) >= 11 is 0. The number of carbonyl (C=O) groups is 1. The Balaban J connectivity index is 1.70. The molecule has 24 heavy (non-hydrogen) atoms. The van der Waals surface area contributed by atoms with Gasteiger partial charge >= 0.3 is 0 Å². The summed E-state index contributed by atoms with van der Waals surface area (Å²) in [5, 5.41) is 3.18. The van der Waals surface area contributed by atoms with Crippen LogP contribution in [0.4, 0.5) is 0 Å². The van der Waals surface area contributed by atoms with E-state index in [-0.39, 0.29) is 11.4 Å². The second-order valence-corrected chi connectivity index (χ2v) is 6.77. The number of rotatable bonds is 5. The van der Waals surface area contributed by atoms with E-state index in [0.29, 0.717) is 17.9 Å². The minimum atomic E-state index is -0.0503. The van der Waals surface area contributed by atoms with Gasteiger partial charge in [-0.25, -0.2) is 0 Å². The van der Waals surface area contributed by atoms with Gasteiger partial charge in [0.1, 0.15) is 5.75 Å². The molecule has 0 bridgehead atoms. The standard InChI is InChI=1S/C19H28N2O3/c1-23-17-8-4-3-7-16(17)18(22)20-15-19(9-5-2-6-10-19)21-11-13-24-14-12-21/h3-4,7-8H,2,5-6,9-15H2,1H3,(H,20,22). The van der Waals surface area contributed by atoms with Crippen LogP contribution in [0.25, 0.3) is 0 Å². The van der Waals surface area contributed by atoms with Gasteiger partial charge in [-0.05, 0) is 25.0 Å². The number of hydrogen-bond acceptors (Lipinski definition) is 4. The highest BCUT2D eigenvalue weighted by Crippen LogP contribution is 2.34. The maximum absolute atomic E-state index is 12.7. The average Bonchev–Trinajstić information content (AvgIpc) is 2.67. The number of nitrogens with zero attached hydrogens (tertiary/aromatic N) is 1. The Labute approximate surface area is 144 Å². The fourth-order valence-electron chi connectivity index (χ4n) is 4.02. The minimum absolute atomic E-state index is 0.0503. The van der Waals surface area contributed by atoms with Gasteiger partial charge in [-0.15, -0.1) is 0 Å². The van der Waals surface area contributed by atoms with E-state index in [1.807, 2.05) is 24.3 Å². The van der Waals surface area contributed by atoms with Gasteiger partial charge in [0.2, 0.25) is 0 Å². The Bertz CT molecular complexity index is 549. The van der Waals surface area contributed by atoms with Crippen molar-refractivity contribution in [3.63, 3.8) is 0 Å². The van der Waals surface area contributed by atoms with E-state index >= 15 is 0 Å². The van der Waals surface area contributed by atoms with Crippen molar-refractivity contribution in [2.45, 2.75) is 37.6 Å². The van der Waals surface area contributed by atoms with Gasteiger partial charge in [-0.1, -0.05) is 31.4 Å². The van der Waals surface area contributed by atoms with E-state index in [9.17, 15) is 4.79 Å². The number of benzene rings is 1. The molecule has 132 valence electrons. The third-order valence-corrected chi connectivity index (χ3v) is 5.40. The lowest BCUT2D eigenvalue weighted by Crippen LogP contribution is -2.59. The van der Waals surface area contributed by atoms with E-state index in [0.717, 1.165) is 39.1 Å². The van der Waals surface area contributed by atoms with E-state index in [2.05, 4.69) is 10.2 Å². The maximum Gasteiger partial charge on any atom is 0.255 e. The second kappa shape index (κ2) is 7.99. The molecule has 0 aromatic heterocycles. The summed E-state index contributed by atoms with van der Waals surface area (Å²) in [6.07, 6.45) is 6.08. The molecule has 1 aromatic rings. The van der Waals surface area contributed by atoms with Crippen molar-refractivity contribution in [3.05, 3.63) is 29.8 Å². The van der Waals surface area contributed by atoms with Crippen LogP contribution in [0.1, 0.15) is 42.5 Å². The first-order valence-electron chi connectivity index (χ1n) is 8.99. The van der Waals surface area contributed by atoms with Crippen molar-refractivity contribution in [2.24, 2.45) is 0 Å². The summed E-state index contributed by atoms with van der Waals surface area (Å²) in [7, 11) is 1.60. The van der Waals surface area contributed by atoms with Gasteiger partial charge in [0.25, 0.3) is 5.91 Å². The molecule has 0 unspecified atom stereocenters. The fraction of sp³-hybridized carbons (Fsp3) is 0.632. The van der Waals surface area contributed by atoms with Crippen molar-refractivity contribution >= 4 is 5.91 Å². The van der Waals surface area contributed by atoms with Crippen molar-refractivity contribution in [2.75, 3.05) is 40.0 Å². The number of amides is 1. The molecule has 2 fully saturated rings. The van der Waals surface area contributed by atoms with Crippen LogP contribution in [-0.4, -0.2) is 56.3 Å². The summed E-state index contributed by atoms with van der Waals surface area (Å²) < 4.78 is 10.8. The zero-order valence-corrected chi connectivity index (χ0v) is 14.6. The van der Waals surface area contributed by atoms with E-state index in [1.54, 1.807) is 7.11 Å². The Morgan fingerprint density at radius 1 is 1.21 bits per heavy atom. The second-order valence-electron chi connectivity index (χ2n) is 6.77. The zero-order valence-electron chi connectivity index (χ0n) is 14.6. The molecule has 0 radical (unpaired) electrons. The molecular formula is C19H28N2O3. The highest BCUT2D eigenvalue weighted by Gasteiger charge is 2.38. The van der Waals surface area contributed by atoms with Crippen LogP contribution in [-0.2, 0) is 4.74 Å². The summed E-state index contributed by atoms with van der Waals surface area (Å²) in [6, 6.07) is 7.39. The lowest BCUT2D eigenvalue weighted by Gasteiger charge is -2.48. The Morgan fingerprint density at radius 2 is 1.92 bits per heavy atom. The van der Waals surface area contributed by atoms with Crippen LogP contribution in [0.3, 0.4) is 0 Å². The summed E-state index contributed by atoms with van der Waals surface area (Å²) in [5.74, 6) is 0.574. The summed E-state index contributed by atoms with van der Waals surface area (Å²) in [6.45, 7) is 4.21. The van der Waals surface area contributed by atoms with Gasteiger partial charge in [0.05, 0.1) is 25.9 Å². The fourth-order valence-corrected chi connectivity index (χ4v) is 4.02. The molecule has 3 rings (SSSR count). The van der Waals surface area contributed by atoms with Gasteiger partial charge in [0, 0.05) is 25.2 Å². The number of methoxy groups -OCH3 is 1. The molecule has 5 heteroatoms. The van der Waals surface area contributed by atoms with Crippen LogP contribution >= 0.6 is 0 Å². The van der Waals surface area contributed by atoms with Crippen molar-refractivity contribution in [1.82, 2.24) is 10.2 Å². The summed E-state index contributed by atoms with van der Waals surface area (Å²) in [4.78, 5) is 15.2. The highest BCUT2D eigenvalue weighted by atomic mass is 16.5. The van der Waals surface area contributed by atoms with Crippen LogP contribution in [0, 0.1) is 0 Å². The van der Waals surface area contributed by atoms with Gasteiger partial charge in [-0.2, -0.15) is 0 Å². The number of morpholine rings is 1. The van der Waals surface area contributed by atoms with Gasteiger partial charge in [0.15, 0.2) is 0 Å². The quantitative estimate of drug-likeness (QED) is 0.900. The zero-order chi connectivity index (χ0) is 16.8. The third-order valence-electron chi connectivity index (χ3n) is 5.40. The molecule has 1 saturated heterocycles. The molecular weight excluding hydrogens is 304 g/mol. The molecule has 1 aliphatic heterocycles. The van der Waals surface area contributed by atoms with Crippen LogP contribution < -0.4 is 10.1 Å². The SMILES string of the molecule is COc1ccccc1C(=O)NCC1(N2CCOCC2)CCCCC1. The molecule has 1 N–H and O–H groups in total. The first kappa shape index (κ1) is 17.2. The smallest absolute Gasteiger partial charge is 0.255 e. The number of ether oxygens (including phenoxy) is 2. The predicted molar refractivity (Wildman–Crippen MR) is 93.5 cm³/mol. The van der Waals surface area contributed by atoms with Crippen LogP contribution in [0.5, 0.6) is 5.75 Å². The lowest BCUT2D eigenvalue weighted by atomic mass is 9.79. The van der Waals surface area contributed by atoms with Gasteiger partial charge < -0.3 is 14.8 Å². The topological polar surface area (TPSA) is 50.8 Å². The molecule has 1 saturated carbocycles. The van der Waals surface area contributed by atoms with E-state index in [4.69, 9.17) is 9.47 Å². The molecule has 0 atom stereocenters. The number of carbonyl (C=O) groups excluding carboxylic acids is 1. The first-order valence-corrected chi connectivity index (χ1v) is 8.99. The summed E-state index contributed by atoms with van der Waals surface area (Å²) in [5.41, 5.74) is 0.688. The first-order chi connectivity index (χ1) is 11.7. The monoisotopic (exact) mass is 332 g/mol. The lowest BCUT2D eigenvalue weighted by molar-refractivity contribution is -0.0361. The number of nitrogens with one attached hydrogen (secondary N) is 1. The third kappa shape index (κ3) is 3.73. The van der Waals surface area contributed by atoms with Crippen LogP contribution in [0.15, 0.2) is 24.3 Å². The van der Waals surface area contributed by atoms with Gasteiger partial charge in [-0.3, -0.25) is 9.69 Å². The Kier molecular flexibility index (Phi) is 5.74. The Morgan fingerprint density at radius 3 is 2.62 bits per heavy atom. The van der Waals surface area contributed by atoms with Crippen molar-refractivity contribution < 1.29 is 14.3 Å². The van der Waals surface area contributed by atoms with E-state index in [1.165, 1.54) is 19.3 Å². The molecule has 0 spiro atoms. The number of hydrogen-bond donors (Lipinski definition) is 1. The molecule has 5 nitrogen and oxygen atoms in total. The molecule has 2 aliphatic rings. The molecule has 1 aliphatic carbocycles. The largest absolute Gasteiger partial charge is 0.496 e. The average molecular weight is 332 g/mol. The number of para-hydroxylation sites is 1. The normalized spacial score (nSPS) is 21.2. The Hall–Kier alpha value is -1.59. The predicted octanol–water partition coefficient (Wildman–Crippen LogP) is 2.46. The molecule has 1 aromatic carbocycles. The highest BCUT2D eigenvalue weighted by molar-refractivity contribution is 5.96. The molecule has 1 amide bonds.